The number of pyridine rings is 1. The van der Waals surface area contributed by atoms with Crippen LogP contribution in [0.1, 0.15) is 5.56 Å². The number of aromatic amines is 1. The van der Waals surface area contributed by atoms with Gasteiger partial charge in [0.15, 0.2) is 8.29 Å². The molecule has 0 amide bonds. The van der Waals surface area contributed by atoms with E-state index in [9.17, 15) is 0 Å². The van der Waals surface area contributed by atoms with E-state index in [-0.39, 0.29) is 0 Å². The fourth-order valence-corrected chi connectivity index (χ4v) is 2.94. The van der Waals surface area contributed by atoms with Crippen LogP contribution in [0.3, 0.4) is 0 Å². The Kier molecular flexibility index (Phi) is 3.28. The molecular weight excluding hydrogens is 234 g/mol. The summed E-state index contributed by atoms with van der Waals surface area (Å²) in [4.78, 5) is 3.96. The summed E-state index contributed by atoms with van der Waals surface area (Å²) in [6, 6.07) is 4.00. The Hall–Kier alpha value is -0.720. The van der Waals surface area contributed by atoms with Crippen molar-refractivity contribution < 1.29 is 0 Å². The first kappa shape index (κ1) is 9.82. The highest BCUT2D eigenvalue weighted by atomic mass is 32.2. The SMILES string of the molecule is S=c1[nH]nc(SCc2ccncc2)s1. The summed E-state index contributed by atoms with van der Waals surface area (Å²) in [5, 5.41) is 6.82. The molecule has 2 heterocycles. The van der Waals surface area contributed by atoms with Crippen LogP contribution in [0.2, 0.25) is 0 Å². The molecule has 14 heavy (non-hydrogen) atoms. The molecule has 0 unspecified atom stereocenters. The number of aromatic nitrogens is 3. The van der Waals surface area contributed by atoms with Gasteiger partial charge in [0.2, 0.25) is 0 Å². The minimum absolute atomic E-state index is 0.724. The smallest absolute Gasteiger partial charge is 0.177 e. The molecule has 3 nitrogen and oxygen atoms in total. The predicted molar refractivity (Wildman–Crippen MR) is 61.1 cm³/mol. The molecule has 0 atom stereocenters. The van der Waals surface area contributed by atoms with Crippen molar-refractivity contribution in [2.24, 2.45) is 0 Å². The second-order valence-corrected chi connectivity index (χ2v) is 5.41. The van der Waals surface area contributed by atoms with E-state index in [1.165, 1.54) is 16.9 Å². The first-order chi connectivity index (χ1) is 6.84. The van der Waals surface area contributed by atoms with Gasteiger partial charge in [-0.2, -0.15) is 5.10 Å². The van der Waals surface area contributed by atoms with Gasteiger partial charge in [-0.05, 0) is 29.9 Å². The highest BCUT2D eigenvalue weighted by Crippen LogP contribution is 2.23. The third kappa shape index (κ3) is 2.63. The number of thioether (sulfide) groups is 1. The third-order valence-corrected chi connectivity index (χ3v) is 3.83. The molecule has 2 aromatic rings. The van der Waals surface area contributed by atoms with E-state index >= 15 is 0 Å². The van der Waals surface area contributed by atoms with Gasteiger partial charge < -0.3 is 0 Å². The molecule has 2 aromatic heterocycles. The van der Waals surface area contributed by atoms with Crippen LogP contribution in [0.25, 0.3) is 0 Å². The zero-order valence-electron chi connectivity index (χ0n) is 7.14. The van der Waals surface area contributed by atoms with Crippen LogP contribution in [0.15, 0.2) is 28.9 Å². The fourth-order valence-electron chi connectivity index (χ4n) is 0.902. The number of nitrogens with one attached hydrogen (secondary N) is 1. The summed E-state index contributed by atoms with van der Waals surface area (Å²) < 4.78 is 1.70. The van der Waals surface area contributed by atoms with Crippen LogP contribution in [-0.2, 0) is 5.75 Å². The van der Waals surface area contributed by atoms with Gasteiger partial charge in [0.25, 0.3) is 0 Å². The van der Waals surface area contributed by atoms with E-state index in [2.05, 4.69) is 15.2 Å². The average Bonchev–Trinajstić information content (AvgIpc) is 2.63. The minimum Gasteiger partial charge on any atom is -0.265 e. The van der Waals surface area contributed by atoms with Gasteiger partial charge in [0, 0.05) is 18.1 Å². The van der Waals surface area contributed by atoms with Crippen molar-refractivity contribution in [2.45, 2.75) is 10.1 Å². The Morgan fingerprint density at radius 3 is 2.86 bits per heavy atom. The molecule has 0 radical (unpaired) electrons. The van der Waals surface area contributed by atoms with E-state index in [4.69, 9.17) is 12.2 Å². The molecule has 0 fully saturated rings. The highest BCUT2D eigenvalue weighted by Gasteiger charge is 1.99. The fraction of sp³-hybridized carbons (Fsp3) is 0.125. The van der Waals surface area contributed by atoms with Gasteiger partial charge in [-0.3, -0.25) is 10.1 Å². The second kappa shape index (κ2) is 4.68. The molecular formula is C8H7N3S3. The molecule has 0 aromatic carbocycles. The quantitative estimate of drug-likeness (QED) is 0.662. The van der Waals surface area contributed by atoms with Gasteiger partial charge in [0.1, 0.15) is 0 Å². The molecule has 0 saturated carbocycles. The first-order valence-electron chi connectivity index (χ1n) is 3.92. The third-order valence-electron chi connectivity index (χ3n) is 1.53. The Morgan fingerprint density at radius 1 is 1.43 bits per heavy atom. The zero-order chi connectivity index (χ0) is 9.80. The van der Waals surface area contributed by atoms with Crippen molar-refractivity contribution in [2.75, 3.05) is 0 Å². The Labute approximate surface area is 94.6 Å². The maximum absolute atomic E-state index is 4.94. The van der Waals surface area contributed by atoms with E-state index in [0.29, 0.717) is 0 Å². The van der Waals surface area contributed by atoms with Gasteiger partial charge in [-0.15, -0.1) is 0 Å². The summed E-state index contributed by atoms with van der Waals surface area (Å²) >= 11 is 8.12. The Balaban J connectivity index is 1.98. The maximum atomic E-state index is 4.94. The van der Waals surface area contributed by atoms with E-state index in [0.717, 1.165) is 14.0 Å². The normalized spacial score (nSPS) is 10.3. The second-order valence-electron chi connectivity index (χ2n) is 2.52. The lowest BCUT2D eigenvalue weighted by molar-refractivity contribution is 1.00. The predicted octanol–water partition coefficient (Wildman–Crippen LogP) is 2.89. The van der Waals surface area contributed by atoms with Crippen LogP contribution >= 0.6 is 35.3 Å². The van der Waals surface area contributed by atoms with E-state index < -0.39 is 0 Å². The monoisotopic (exact) mass is 241 g/mol. The van der Waals surface area contributed by atoms with Gasteiger partial charge in [0.05, 0.1) is 0 Å². The van der Waals surface area contributed by atoms with Crippen molar-refractivity contribution >= 4 is 35.3 Å². The summed E-state index contributed by atoms with van der Waals surface area (Å²) in [7, 11) is 0. The van der Waals surface area contributed by atoms with E-state index in [1.54, 1.807) is 24.2 Å². The molecule has 2 rings (SSSR count). The number of rotatable bonds is 3. The van der Waals surface area contributed by atoms with E-state index in [1.807, 2.05) is 12.1 Å². The van der Waals surface area contributed by atoms with Crippen molar-refractivity contribution in [1.29, 1.82) is 0 Å². The molecule has 0 aliphatic heterocycles. The molecule has 72 valence electrons. The molecule has 0 aliphatic rings. The van der Waals surface area contributed by atoms with Gasteiger partial charge in [-0.25, -0.2) is 0 Å². The minimum atomic E-state index is 0.724. The summed E-state index contributed by atoms with van der Waals surface area (Å²) in [5.41, 5.74) is 1.24. The Bertz CT molecular complexity index is 448. The highest BCUT2D eigenvalue weighted by molar-refractivity contribution is 8.00. The van der Waals surface area contributed by atoms with Crippen LogP contribution in [-0.4, -0.2) is 15.2 Å². The van der Waals surface area contributed by atoms with Crippen LogP contribution in [0.4, 0.5) is 0 Å². The van der Waals surface area contributed by atoms with Crippen molar-refractivity contribution in [3.63, 3.8) is 0 Å². The maximum Gasteiger partial charge on any atom is 0.177 e. The number of nitrogens with zero attached hydrogens (tertiary/aromatic N) is 2. The van der Waals surface area contributed by atoms with Crippen molar-refractivity contribution in [3.05, 3.63) is 34.0 Å². The molecule has 0 saturated heterocycles. The molecule has 6 heteroatoms. The van der Waals surface area contributed by atoms with Crippen molar-refractivity contribution in [3.8, 4) is 0 Å². The van der Waals surface area contributed by atoms with Crippen LogP contribution in [0, 0.1) is 3.95 Å². The zero-order valence-corrected chi connectivity index (χ0v) is 9.59. The number of H-pyrrole nitrogens is 1. The van der Waals surface area contributed by atoms with Gasteiger partial charge >= 0.3 is 0 Å². The summed E-state index contributed by atoms with van der Waals surface area (Å²) in [6.45, 7) is 0. The number of hydrogen-bond acceptors (Lipinski definition) is 5. The Morgan fingerprint density at radius 2 is 2.21 bits per heavy atom. The molecule has 0 spiro atoms. The topological polar surface area (TPSA) is 41.6 Å². The molecule has 0 bridgehead atoms. The largest absolute Gasteiger partial charge is 0.265 e. The molecule has 1 N–H and O–H groups in total. The van der Waals surface area contributed by atoms with Gasteiger partial charge in [-0.1, -0.05) is 23.1 Å². The molecule has 0 aliphatic carbocycles. The van der Waals surface area contributed by atoms with Crippen molar-refractivity contribution in [1.82, 2.24) is 15.2 Å². The summed E-state index contributed by atoms with van der Waals surface area (Å²) in [5.74, 6) is 0.901. The summed E-state index contributed by atoms with van der Waals surface area (Å²) in [6.07, 6.45) is 3.59. The average molecular weight is 241 g/mol. The lowest BCUT2D eigenvalue weighted by atomic mass is 10.3. The van der Waals surface area contributed by atoms with Crippen LogP contribution in [0.5, 0.6) is 0 Å². The lowest BCUT2D eigenvalue weighted by Gasteiger charge is -1.96. The first-order valence-corrected chi connectivity index (χ1v) is 6.13. The standard InChI is InChI=1S/C8H7N3S3/c12-7-10-11-8(14-7)13-5-6-1-3-9-4-2-6/h1-4H,5H2,(H,10,12). The van der Waals surface area contributed by atoms with Crippen LogP contribution < -0.4 is 0 Å². The lowest BCUT2D eigenvalue weighted by Crippen LogP contribution is -1.80. The number of hydrogen-bond donors (Lipinski definition) is 1.